The molecular formula is C33H26Cl3N5O3S. The molecule has 1 aromatic heterocycles. The maximum atomic E-state index is 12.7. The normalized spacial score (nSPS) is 11.0. The van der Waals surface area contributed by atoms with E-state index in [1.165, 1.54) is 23.1 Å². The van der Waals surface area contributed by atoms with Gasteiger partial charge in [-0.05, 0) is 73.5 Å². The number of hydrogen-bond acceptors (Lipinski definition) is 7. The van der Waals surface area contributed by atoms with Crippen LogP contribution in [0.1, 0.15) is 27.0 Å². The molecule has 0 radical (unpaired) electrons. The van der Waals surface area contributed by atoms with Gasteiger partial charge in [-0.2, -0.15) is 5.10 Å². The number of rotatable bonds is 10. The van der Waals surface area contributed by atoms with Gasteiger partial charge < -0.3 is 15.4 Å². The Morgan fingerprint density at radius 3 is 2.27 bits per heavy atom. The minimum absolute atomic E-state index is 0.148. The lowest BCUT2D eigenvalue weighted by molar-refractivity contribution is -0.118. The molecule has 0 aliphatic heterocycles. The highest BCUT2D eigenvalue weighted by atomic mass is 35.5. The Kier molecular flexibility index (Phi) is 10.4. The molecule has 2 amide bonds. The zero-order valence-electron chi connectivity index (χ0n) is 24.0. The Labute approximate surface area is 279 Å². The van der Waals surface area contributed by atoms with Crippen LogP contribution in [-0.4, -0.2) is 29.6 Å². The van der Waals surface area contributed by atoms with E-state index < -0.39 is 11.8 Å². The fraction of sp³-hybridized carbons (Fsp3) is 0.0909. The molecule has 5 aromatic rings. The molecule has 45 heavy (non-hydrogen) atoms. The van der Waals surface area contributed by atoms with Gasteiger partial charge in [0.2, 0.25) is 0 Å². The first-order valence-electron chi connectivity index (χ1n) is 13.6. The van der Waals surface area contributed by atoms with Gasteiger partial charge in [-0.25, -0.2) is 10.4 Å². The van der Waals surface area contributed by atoms with E-state index in [1.54, 1.807) is 42.5 Å². The Hall–Kier alpha value is -4.41. The molecular weight excluding hydrogens is 653 g/mol. The third-order valence-electron chi connectivity index (χ3n) is 6.45. The van der Waals surface area contributed by atoms with Crippen LogP contribution in [-0.2, 0) is 4.79 Å². The maximum absolute atomic E-state index is 12.7. The molecule has 0 spiro atoms. The Bertz CT molecular complexity index is 1850. The number of carbonyl (C=O) groups is 2. The monoisotopic (exact) mass is 677 g/mol. The number of nitrogens with zero attached hydrogens (tertiary/aromatic N) is 2. The van der Waals surface area contributed by atoms with Crippen molar-refractivity contribution < 1.29 is 14.3 Å². The van der Waals surface area contributed by atoms with Crippen molar-refractivity contribution in [3.63, 3.8) is 0 Å². The number of aromatic nitrogens is 1. The molecule has 0 unspecified atom stereocenters. The second kappa shape index (κ2) is 14.6. The van der Waals surface area contributed by atoms with E-state index in [4.69, 9.17) is 39.5 Å². The fourth-order valence-electron chi connectivity index (χ4n) is 4.04. The summed E-state index contributed by atoms with van der Waals surface area (Å²) in [5.41, 5.74) is 8.72. The van der Waals surface area contributed by atoms with E-state index in [9.17, 15) is 9.59 Å². The average Bonchev–Trinajstić information content (AvgIpc) is 3.48. The van der Waals surface area contributed by atoms with Gasteiger partial charge in [0.1, 0.15) is 0 Å². The van der Waals surface area contributed by atoms with Crippen molar-refractivity contribution in [3.05, 3.63) is 122 Å². The second-order valence-corrected chi connectivity index (χ2v) is 12.0. The zero-order chi connectivity index (χ0) is 31.9. The number of amides is 2. The molecule has 3 N–H and O–H groups in total. The molecule has 4 aromatic carbocycles. The topological polar surface area (TPSA) is 105 Å². The summed E-state index contributed by atoms with van der Waals surface area (Å²) >= 11 is 20.3. The van der Waals surface area contributed by atoms with Gasteiger partial charge in [0.25, 0.3) is 11.8 Å². The number of hydrogen-bond donors (Lipinski definition) is 3. The van der Waals surface area contributed by atoms with Crippen molar-refractivity contribution in [2.45, 2.75) is 13.8 Å². The van der Waals surface area contributed by atoms with Crippen molar-refractivity contribution >= 4 is 80.7 Å². The highest BCUT2D eigenvalue weighted by Crippen LogP contribution is 2.34. The highest BCUT2D eigenvalue weighted by Gasteiger charge is 2.13. The van der Waals surface area contributed by atoms with E-state index in [2.05, 4.69) is 26.1 Å². The van der Waals surface area contributed by atoms with Gasteiger partial charge in [0.15, 0.2) is 17.5 Å². The SMILES string of the molecule is Cc1ccc(Nc2nc(-c3ccc(C(=O)N/N=C/c4cc(Cl)c(OCC(=O)Nc5ccc(C)c(Cl)c5)c(Cl)c4)cc3)cs2)cc1. The van der Waals surface area contributed by atoms with Crippen molar-refractivity contribution in [2.24, 2.45) is 5.10 Å². The predicted octanol–water partition coefficient (Wildman–Crippen LogP) is 8.91. The van der Waals surface area contributed by atoms with Crippen molar-refractivity contribution in [2.75, 3.05) is 17.2 Å². The first kappa shape index (κ1) is 32.0. The molecule has 0 fully saturated rings. The third-order valence-corrected chi connectivity index (χ3v) is 8.18. The summed E-state index contributed by atoms with van der Waals surface area (Å²) in [4.78, 5) is 29.6. The van der Waals surface area contributed by atoms with E-state index >= 15 is 0 Å². The molecule has 0 aliphatic rings. The van der Waals surface area contributed by atoms with E-state index in [0.717, 1.165) is 27.6 Å². The van der Waals surface area contributed by atoms with Crippen LogP contribution in [0.3, 0.4) is 0 Å². The van der Waals surface area contributed by atoms with Crippen LogP contribution in [0.2, 0.25) is 15.1 Å². The molecule has 0 atom stereocenters. The molecule has 0 saturated carbocycles. The number of anilines is 3. The minimum Gasteiger partial charge on any atom is -0.481 e. The predicted molar refractivity (Wildman–Crippen MR) is 184 cm³/mol. The third kappa shape index (κ3) is 8.61. The Morgan fingerprint density at radius 1 is 0.889 bits per heavy atom. The van der Waals surface area contributed by atoms with Gasteiger partial charge >= 0.3 is 0 Å². The summed E-state index contributed by atoms with van der Waals surface area (Å²) < 4.78 is 5.55. The lowest BCUT2D eigenvalue weighted by atomic mass is 10.1. The first-order valence-corrected chi connectivity index (χ1v) is 15.6. The van der Waals surface area contributed by atoms with Gasteiger partial charge in [0, 0.05) is 32.9 Å². The lowest BCUT2D eigenvalue weighted by Crippen LogP contribution is -2.20. The fourth-order valence-corrected chi connectivity index (χ4v) is 5.58. The molecule has 0 bridgehead atoms. The Balaban J connectivity index is 1.13. The van der Waals surface area contributed by atoms with Crippen LogP contribution < -0.4 is 20.8 Å². The van der Waals surface area contributed by atoms with E-state index in [0.29, 0.717) is 21.8 Å². The molecule has 1 heterocycles. The smallest absolute Gasteiger partial charge is 0.271 e. The van der Waals surface area contributed by atoms with Gasteiger partial charge in [0.05, 0.1) is 22.0 Å². The number of benzene rings is 4. The summed E-state index contributed by atoms with van der Waals surface area (Å²) in [5, 5.41) is 13.7. The van der Waals surface area contributed by atoms with Gasteiger partial charge in [-0.15, -0.1) is 11.3 Å². The molecule has 8 nitrogen and oxygen atoms in total. The summed E-state index contributed by atoms with van der Waals surface area (Å²) in [6, 6.07) is 23.5. The number of aryl methyl sites for hydroxylation is 2. The first-order chi connectivity index (χ1) is 21.6. The molecule has 12 heteroatoms. The largest absolute Gasteiger partial charge is 0.481 e. The quantitative estimate of drug-likeness (QED) is 0.101. The van der Waals surface area contributed by atoms with Crippen LogP contribution in [0.4, 0.5) is 16.5 Å². The summed E-state index contributed by atoms with van der Waals surface area (Å²) in [6.45, 7) is 3.59. The number of nitrogens with one attached hydrogen (secondary N) is 3. The summed E-state index contributed by atoms with van der Waals surface area (Å²) in [7, 11) is 0. The number of hydrazone groups is 1. The minimum atomic E-state index is -0.408. The zero-order valence-corrected chi connectivity index (χ0v) is 27.1. The maximum Gasteiger partial charge on any atom is 0.271 e. The number of carbonyl (C=O) groups excluding carboxylic acids is 2. The van der Waals surface area contributed by atoms with E-state index in [1.807, 2.05) is 55.6 Å². The van der Waals surface area contributed by atoms with Crippen molar-refractivity contribution in [3.8, 4) is 17.0 Å². The number of ether oxygens (including phenoxy) is 1. The molecule has 0 saturated heterocycles. The summed E-state index contributed by atoms with van der Waals surface area (Å²) in [5.74, 6) is -0.652. The van der Waals surface area contributed by atoms with Crippen LogP contribution in [0.25, 0.3) is 11.3 Å². The number of halogens is 3. The molecule has 228 valence electrons. The van der Waals surface area contributed by atoms with E-state index in [-0.39, 0.29) is 22.4 Å². The van der Waals surface area contributed by atoms with Crippen molar-refractivity contribution in [1.82, 2.24) is 10.4 Å². The molecule has 0 aliphatic carbocycles. The number of thiazole rings is 1. The van der Waals surface area contributed by atoms with Gasteiger partial charge in [-0.1, -0.05) is 70.7 Å². The second-order valence-electron chi connectivity index (χ2n) is 9.92. The lowest BCUT2D eigenvalue weighted by Gasteiger charge is -2.11. The van der Waals surface area contributed by atoms with Crippen LogP contribution in [0.15, 0.2) is 89.3 Å². The van der Waals surface area contributed by atoms with Crippen LogP contribution in [0, 0.1) is 13.8 Å². The Morgan fingerprint density at radius 2 is 1.58 bits per heavy atom. The van der Waals surface area contributed by atoms with Crippen LogP contribution >= 0.6 is 46.1 Å². The van der Waals surface area contributed by atoms with Gasteiger partial charge in [-0.3, -0.25) is 9.59 Å². The van der Waals surface area contributed by atoms with Crippen molar-refractivity contribution in [1.29, 1.82) is 0 Å². The van der Waals surface area contributed by atoms with Crippen LogP contribution in [0.5, 0.6) is 5.75 Å². The highest BCUT2D eigenvalue weighted by molar-refractivity contribution is 7.14. The molecule has 5 rings (SSSR count). The standard InChI is InChI=1S/C33H26Cl3N5O3S/c1-19-3-10-24(11-4-19)39-33-40-29(18-45-33)22-6-8-23(9-7-22)32(43)41-37-16-21-13-27(35)31(28(36)14-21)44-17-30(42)38-25-12-5-20(2)26(34)15-25/h3-16,18H,17H2,1-2H3,(H,38,42)(H,39,40)(H,41,43)/b37-16+. The summed E-state index contributed by atoms with van der Waals surface area (Å²) in [6.07, 6.45) is 1.40. The average molecular weight is 679 g/mol.